The van der Waals surface area contributed by atoms with Crippen molar-refractivity contribution in [3.63, 3.8) is 0 Å². The number of pyridine rings is 1. The number of hydrogen-bond donors (Lipinski definition) is 1. The fourth-order valence-electron chi connectivity index (χ4n) is 2.44. The predicted octanol–water partition coefficient (Wildman–Crippen LogP) is 4.42. The lowest BCUT2D eigenvalue weighted by Gasteiger charge is -1.92. The average molecular weight is 323 g/mol. The van der Waals surface area contributed by atoms with Crippen LogP contribution in [0.1, 0.15) is 5.56 Å². The lowest BCUT2D eigenvalue weighted by Crippen LogP contribution is -2.17. The van der Waals surface area contributed by atoms with Gasteiger partial charge in [0.15, 0.2) is 5.76 Å². The van der Waals surface area contributed by atoms with E-state index in [0.29, 0.717) is 5.02 Å². The Balaban J connectivity index is 1.84. The smallest absolute Gasteiger partial charge is 0.310 e. The van der Waals surface area contributed by atoms with Crippen molar-refractivity contribution < 1.29 is 8.82 Å². The first-order chi connectivity index (χ1) is 11.3. The number of aromatic nitrogens is 2. The van der Waals surface area contributed by atoms with Crippen LogP contribution in [0.15, 0.2) is 76.5 Å². The molecule has 4 aromatic rings. The molecule has 5 heteroatoms. The molecule has 0 aliphatic carbocycles. The van der Waals surface area contributed by atoms with Gasteiger partial charge in [-0.1, -0.05) is 29.8 Å². The van der Waals surface area contributed by atoms with Crippen molar-refractivity contribution in [3.8, 4) is 11.5 Å². The van der Waals surface area contributed by atoms with Crippen LogP contribution in [-0.2, 0) is 0 Å². The van der Waals surface area contributed by atoms with E-state index in [9.17, 15) is 0 Å². The molecule has 3 aromatic heterocycles. The number of hydrogen-bond acceptors (Lipinski definition) is 2. The zero-order valence-corrected chi connectivity index (χ0v) is 12.9. The summed E-state index contributed by atoms with van der Waals surface area (Å²) in [7, 11) is 0. The average Bonchev–Trinajstić information content (AvgIpc) is 3.22. The Kier molecular flexibility index (Phi) is 3.44. The number of imidazole rings is 1. The first kappa shape index (κ1) is 13.8. The van der Waals surface area contributed by atoms with Crippen molar-refractivity contribution in [3.05, 3.63) is 77.6 Å². The molecule has 0 radical (unpaired) electrons. The SMILES string of the molecule is Clc1ccc(C=Nc2c(-c3ccco3)[nH]c3cccc[n+]23)cc1. The summed E-state index contributed by atoms with van der Waals surface area (Å²) in [6.45, 7) is 0. The predicted molar refractivity (Wildman–Crippen MR) is 90.4 cm³/mol. The molecule has 0 saturated heterocycles. The Bertz CT molecular complexity index is 969. The summed E-state index contributed by atoms with van der Waals surface area (Å²) < 4.78 is 7.51. The van der Waals surface area contributed by atoms with E-state index < -0.39 is 0 Å². The van der Waals surface area contributed by atoms with E-state index in [2.05, 4.69) is 9.98 Å². The summed E-state index contributed by atoms with van der Waals surface area (Å²) in [5.74, 6) is 1.53. The third-order valence-corrected chi connectivity index (χ3v) is 3.79. The summed E-state index contributed by atoms with van der Waals surface area (Å²) in [4.78, 5) is 8.00. The minimum absolute atomic E-state index is 0.708. The van der Waals surface area contributed by atoms with Crippen molar-refractivity contribution in [2.45, 2.75) is 0 Å². The van der Waals surface area contributed by atoms with Crippen molar-refractivity contribution in [1.82, 2.24) is 4.98 Å². The Hall–Kier alpha value is -2.85. The van der Waals surface area contributed by atoms with Gasteiger partial charge in [0.25, 0.3) is 0 Å². The molecule has 0 spiro atoms. The van der Waals surface area contributed by atoms with Crippen LogP contribution in [0.2, 0.25) is 5.02 Å². The Morgan fingerprint density at radius 1 is 1.04 bits per heavy atom. The number of rotatable bonds is 3. The lowest BCUT2D eigenvalue weighted by molar-refractivity contribution is -0.495. The molecule has 0 fully saturated rings. The van der Waals surface area contributed by atoms with E-state index >= 15 is 0 Å². The molecule has 0 aliphatic heterocycles. The van der Waals surface area contributed by atoms with E-state index in [1.54, 1.807) is 6.26 Å². The Labute approximate surface area is 137 Å². The minimum atomic E-state index is 0.708. The van der Waals surface area contributed by atoms with Gasteiger partial charge in [0, 0.05) is 16.7 Å². The summed E-state index contributed by atoms with van der Waals surface area (Å²) in [6, 6.07) is 17.3. The van der Waals surface area contributed by atoms with E-state index in [1.165, 1.54) is 0 Å². The zero-order valence-electron chi connectivity index (χ0n) is 12.1. The van der Waals surface area contributed by atoms with Gasteiger partial charge in [0.2, 0.25) is 11.3 Å². The number of benzene rings is 1. The quantitative estimate of drug-likeness (QED) is 0.440. The molecule has 0 bridgehead atoms. The molecular weight excluding hydrogens is 310 g/mol. The maximum Gasteiger partial charge on any atom is 0.310 e. The highest BCUT2D eigenvalue weighted by Gasteiger charge is 2.21. The van der Waals surface area contributed by atoms with Crippen LogP contribution < -0.4 is 4.40 Å². The van der Waals surface area contributed by atoms with Gasteiger partial charge >= 0.3 is 5.82 Å². The van der Waals surface area contributed by atoms with Gasteiger partial charge in [0.05, 0.1) is 12.5 Å². The first-order valence-electron chi connectivity index (χ1n) is 7.17. The molecule has 4 nitrogen and oxygen atoms in total. The molecule has 4 rings (SSSR count). The van der Waals surface area contributed by atoms with Crippen LogP contribution in [0, 0.1) is 0 Å². The number of aliphatic imine (C=N–C) groups is 1. The van der Waals surface area contributed by atoms with Crippen molar-refractivity contribution >= 4 is 29.3 Å². The van der Waals surface area contributed by atoms with Gasteiger partial charge in [0.1, 0.15) is 6.21 Å². The monoisotopic (exact) mass is 322 g/mol. The molecule has 1 N–H and O–H groups in total. The number of halogens is 1. The third kappa shape index (κ3) is 2.64. The molecule has 0 saturated carbocycles. The summed E-state index contributed by atoms with van der Waals surface area (Å²) in [5, 5.41) is 0.708. The molecule has 112 valence electrons. The molecular formula is C18H13ClN3O+. The van der Waals surface area contributed by atoms with E-state index in [1.807, 2.05) is 71.4 Å². The lowest BCUT2D eigenvalue weighted by atomic mass is 10.2. The van der Waals surface area contributed by atoms with Crippen LogP contribution in [0.4, 0.5) is 5.82 Å². The van der Waals surface area contributed by atoms with Crippen molar-refractivity contribution in [2.24, 2.45) is 4.99 Å². The number of nitrogens with zero attached hydrogens (tertiary/aromatic N) is 2. The fraction of sp³-hybridized carbons (Fsp3) is 0. The van der Waals surface area contributed by atoms with Gasteiger partial charge in [-0.3, -0.25) is 4.98 Å². The summed E-state index contributed by atoms with van der Waals surface area (Å²) in [6.07, 6.45) is 5.43. The minimum Gasteiger partial charge on any atom is -0.461 e. The number of nitrogens with one attached hydrogen (secondary N) is 1. The molecule has 0 unspecified atom stereocenters. The maximum atomic E-state index is 5.92. The van der Waals surface area contributed by atoms with Crippen LogP contribution in [-0.4, -0.2) is 11.2 Å². The number of H-pyrrole nitrogens is 1. The standard InChI is InChI=1S/C18H12ClN3O/c19-14-8-6-13(7-9-14)12-20-18-17(15-4-3-11-23-15)21-16-5-1-2-10-22(16)18/h1-12H/p+1. The number of aromatic amines is 1. The third-order valence-electron chi connectivity index (χ3n) is 3.54. The number of furan rings is 1. The fourth-order valence-corrected chi connectivity index (χ4v) is 2.56. The Morgan fingerprint density at radius 2 is 1.91 bits per heavy atom. The van der Waals surface area contributed by atoms with Crippen LogP contribution in [0.3, 0.4) is 0 Å². The molecule has 23 heavy (non-hydrogen) atoms. The van der Waals surface area contributed by atoms with Crippen molar-refractivity contribution in [2.75, 3.05) is 0 Å². The normalized spacial score (nSPS) is 11.5. The Morgan fingerprint density at radius 3 is 2.70 bits per heavy atom. The van der Waals surface area contributed by atoms with E-state index in [4.69, 9.17) is 16.0 Å². The molecule has 1 aromatic carbocycles. The summed E-state index contributed by atoms with van der Waals surface area (Å²) >= 11 is 5.92. The van der Waals surface area contributed by atoms with Gasteiger partial charge in [-0.15, -0.1) is 4.99 Å². The van der Waals surface area contributed by atoms with Gasteiger partial charge in [-0.25, -0.2) is 0 Å². The highest BCUT2D eigenvalue weighted by atomic mass is 35.5. The highest BCUT2D eigenvalue weighted by molar-refractivity contribution is 6.30. The highest BCUT2D eigenvalue weighted by Crippen LogP contribution is 2.27. The van der Waals surface area contributed by atoms with Gasteiger partial charge in [-0.2, -0.15) is 4.40 Å². The largest absolute Gasteiger partial charge is 0.461 e. The van der Waals surface area contributed by atoms with Crippen LogP contribution in [0.25, 0.3) is 17.1 Å². The van der Waals surface area contributed by atoms with E-state index in [-0.39, 0.29) is 0 Å². The zero-order chi connectivity index (χ0) is 15.6. The van der Waals surface area contributed by atoms with Crippen LogP contribution in [0.5, 0.6) is 0 Å². The van der Waals surface area contributed by atoms with E-state index in [0.717, 1.165) is 28.5 Å². The van der Waals surface area contributed by atoms with Crippen molar-refractivity contribution in [1.29, 1.82) is 0 Å². The molecule has 0 amide bonds. The topological polar surface area (TPSA) is 45.4 Å². The second-order valence-corrected chi connectivity index (χ2v) is 5.50. The summed E-state index contributed by atoms with van der Waals surface area (Å²) in [5.41, 5.74) is 2.76. The van der Waals surface area contributed by atoms with Crippen LogP contribution >= 0.6 is 11.6 Å². The second kappa shape index (κ2) is 5.74. The first-order valence-corrected chi connectivity index (χ1v) is 7.55. The molecule has 0 atom stereocenters. The van der Waals surface area contributed by atoms with Gasteiger partial charge in [-0.05, 0) is 30.3 Å². The molecule has 3 heterocycles. The van der Waals surface area contributed by atoms with Gasteiger partial charge < -0.3 is 4.42 Å². The number of fused-ring (bicyclic) bond motifs is 1. The maximum absolute atomic E-state index is 5.92. The molecule has 0 aliphatic rings. The second-order valence-electron chi connectivity index (χ2n) is 5.07.